The van der Waals surface area contributed by atoms with Crippen LogP contribution in [0.3, 0.4) is 0 Å². The van der Waals surface area contributed by atoms with Crippen molar-refractivity contribution in [2.75, 3.05) is 13.6 Å². The molecule has 0 amide bonds. The Kier molecular flexibility index (Phi) is 8.73. The summed E-state index contributed by atoms with van der Waals surface area (Å²) < 4.78 is 7.99. The van der Waals surface area contributed by atoms with Gasteiger partial charge in [0.25, 0.3) is 0 Å². The molecular formula is C21H33IN6O. The van der Waals surface area contributed by atoms with Gasteiger partial charge in [0, 0.05) is 25.4 Å². The molecule has 2 unspecified atom stereocenters. The summed E-state index contributed by atoms with van der Waals surface area (Å²) in [5, 5.41) is 11.5. The monoisotopic (exact) mass is 512 g/mol. The normalized spacial score (nSPS) is 17.3. The number of aryl methyl sites for hydroxylation is 2. The van der Waals surface area contributed by atoms with Crippen LogP contribution in [0.25, 0.3) is 0 Å². The van der Waals surface area contributed by atoms with Crippen molar-refractivity contribution in [3.05, 3.63) is 41.5 Å². The molecule has 0 radical (unpaired) electrons. The molecule has 8 heteroatoms. The lowest BCUT2D eigenvalue weighted by molar-refractivity contribution is 0.223. The molecule has 0 saturated heterocycles. The lowest BCUT2D eigenvalue weighted by Gasteiger charge is -2.26. The molecule has 7 nitrogen and oxygen atoms in total. The number of hydrogen-bond acceptors (Lipinski definition) is 4. The van der Waals surface area contributed by atoms with Gasteiger partial charge in [-0.25, -0.2) is 9.67 Å². The van der Waals surface area contributed by atoms with Crippen molar-refractivity contribution in [3.8, 4) is 5.75 Å². The van der Waals surface area contributed by atoms with Gasteiger partial charge < -0.3 is 15.4 Å². The van der Waals surface area contributed by atoms with E-state index in [1.807, 2.05) is 16.8 Å². The zero-order chi connectivity index (χ0) is 20.1. The number of nitrogens with one attached hydrogen (secondary N) is 2. The fourth-order valence-electron chi connectivity index (χ4n) is 3.21. The molecule has 0 saturated carbocycles. The quantitative estimate of drug-likeness (QED) is 0.353. The van der Waals surface area contributed by atoms with Crippen LogP contribution in [0, 0.1) is 6.92 Å². The molecule has 29 heavy (non-hydrogen) atoms. The summed E-state index contributed by atoms with van der Waals surface area (Å²) in [5.74, 6) is 4.05. The first kappa shape index (κ1) is 23.4. The topological polar surface area (TPSA) is 76.4 Å². The highest BCUT2D eigenvalue weighted by atomic mass is 127. The number of benzene rings is 1. The standard InChI is InChI=1S/C21H32N6O.HI/c1-14(2)20-25-19-11-8-17(13-27(19)26-20)24-21(22-5)23-12-16(4)28-18-9-6-15(3)7-10-18;/h6-7,9-10,14,16-17H,8,11-13H2,1-5H3,(H2,22,23,24);1H. The Balaban J connectivity index is 0.00000300. The number of guanidine groups is 1. The van der Waals surface area contributed by atoms with Gasteiger partial charge in [-0.2, -0.15) is 5.10 Å². The average molecular weight is 512 g/mol. The number of aromatic nitrogens is 3. The molecule has 2 heterocycles. The molecule has 0 fully saturated rings. The third kappa shape index (κ3) is 6.58. The van der Waals surface area contributed by atoms with Gasteiger partial charge in [-0.1, -0.05) is 31.5 Å². The van der Waals surface area contributed by atoms with E-state index in [1.54, 1.807) is 7.05 Å². The predicted molar refractivity (Wildman–Crippen MR) is 127 cm³/mol. The molecule has 0 bridgehead atoms. The van der Waals surface area contributed by atoms with Gasteiger partial charge >= 0.3 is 0 Å². The van der Waals surface area contributed by atoms with E-state index in [4.69, 9.17) is 4.74 Å². The number of halogens is 1. The van der Waals surface area contributed by atoms with Crippen molar-refractivity contribution in [2.45, 2.75) is 65.1 Å². The van der Waals surface area contributed by atoms with Crippen LogP contribution in [-0.4, -0.2) is 46.5 Å². The lowest BCUT2D eigenvalue weighted by atomic mass is 10.1. The van der Waals surface area contributed by atoms with Crippen molar-refractivity contribution >= 4 is 29.9 Å². The van der Waals surface area contributed by atoms with E-state index >= 15 is 0 Å². The maximum Gasteiger partial charge on any atom is 0.191 e. The molecule has 1 aromatic heterocycles. The van der Waals surface area contributed by atoms with Gasteiger partial charge in [-0.3, -0.25) is 4.99 Å². The minimum Gasteiger partial charge on any atom is -0.489 e. The summed E-state index contributed by atoms with van der Waals surface area (Å²) in [7, 11) is 1.79. The Morgan fingerprint density at radius 1 is 1.28 bits per heavy atom. The zero-order valence-corrected chi connectivity index (χ0v) is 20.3. The molecule has 160 valence electrons. The number of aliphatic imine (C=N–C) groups is 1. The van der Waals surface area contributed by atoms with Crippen molar-refractivity contribution in [1.29, 1.82) is 0 Å². The van der Waals surface area contributed by atoms with Crippen molar-refractivity contribution in [2.24, 2.45) is 4.99 Å². The minimum absolute atomic E-state index is 0. The minimum atomic E-state index is 0. The number of fused-ring (bicyclic) bond motifs is 1. The summed E-state index contributed by atoms with van der Waals surface area (Å²) in [6, 6.07) is 8.41. The molecule has 1 aliphatic heterocycles. The highest BCUT2D eigenvalue weighted by Gasteiger charge is 2.23. The first-order valence-corrected chi connectivity index (χ1v) is 10.1. The summed E-state index contributed by atoms with van der Waals surface area (Å²) in [4.78, 5) is 9.01. The summed E-state index contributed by atoms with van der Waals surface area (Å²) in [6.07, 6.45) is 1.98. The maximum absolute atomic E-state index is 5.96. The van der Waals surface area contributed by atoms with Crippen LogP contribution in [0.4, 0.5) is 0 Å². The predicted octanol–water partition coefficient (Wildman–Crippen LogP) is 3.28. The van der Waals surface area contributed by atoms with Gasteiger partial charge in [0.15, 0.2) is 11.8 Å². The summed E-state index contributed by atoms with van der Waals surface area (Å²) in [6.45, 7) is 9.86. The number of nitrogens with zero attached hydrogens (tertiary/aromatic N) is 4. The third-order valence-electron chi connectivity index (χ3n) is 4.87. The van der Waals surface area contributed by atoms with E-state index in [0.717, 1.165) is 42.7 Å². The Labute approximate surface area is 190 Å². The molecule has 2 N–H and O–H groups in total. The van der Waals surface area contributed by atoms with Gasteiger partial charge in [0.1, 0.15) is 17.7 Å². The Hall–Kier alpha value is -1.84. The fraction of sp³-hybridized carbons (Fsp3) is 0.571. The van der Waals surface area contributed by atoms with Crippen LogP contribution in [0.2, 0.25) is 0 Å². The fourth-order valence-corrected chi connectivity index (χ4v) is 3.21. The van der Waals surface area contributed by atoms with E-state index in [9.17, 15) is 0 Å². The van der Waals surface area contributed by atoms with Crippen LogP contribution < -0.4 is 15.4 Å². The van der Waals surface area contributed by atoms with Crippen molar-refractivity contribution in [3.63, 3.8) is 0 Å². The van der Waals surface area contributed by atoms with Crippen LogP contribution in [0.1, 0.15) is 50.3 Å². The smallest absolute Gasteiger partial charge is 0.191 e. The van der Waals surface area contributed by atoms with Gasteiger partial charge in [-0.15, -0.1) is 24.0 Å². The van der Waals surface area contributed by atoms with Gasteiger partial charge in [0.05, 0.1) is 13.1 Å². The first-order chi connectivity index (χ1) is 13.4. The van der Waals surface area contributed by atoms with Crippen LogP contribution in [0.15, 0.2) is 29.3 Å². The van der Waals surface area contributed by atoms with E-state index in [1.165, 1.54) is 5.56 Å². The maximum atomic E-state index is 5.96. The Morgan fingerprint density at radius 3 is 2.66 bits per heavy atom. The average Bonchev–Trinajstić information content (AvgIpc) is 3.10. The van der Waals surface area contributed by atoms with E-state index in [2.05, 4.69) is 65.5 Å². The van der Waals surface area contributed by atoms with Crippen molar-refractivity contribution < 1.29 is 4.74 Å². The SMILES string of the molecule is CN=C(NCC(C)Oc1ccc(C)cc1)NC1CCc2nc(C(C)C)nn2C1.I. The number of ether oxygens (including phenoxy) is 1. The first-order valence-electron chi connectivity index (χ1n) is 10.1. The number of hydrogen-bond donors (Lipinski definition) is 2. The molecule has 1 aliphatic rings. The van der Waals surface area contributed by atoms with Crippen LogP contribution in [0.5, 0.6) is 5.75 Å². The molecule has 0 aliphatic carbocycles. The summed E-state index contributed by atoms with van der Waals surface area (Å²) >= 11 is 0. The highest BCUT2D eigenvalue weighted by Crippen LogP contribution is 2.17. The molecule has 2 atom stereocenters. The zero-order valence-electron chi connectivity index (χ0n) is 18.0. The molecule has 3 rings (SSSR count). The van der Waals surface area contributed by atoms with Gasteiger partial charge in [-0.05, 0) is 32.4 Å². The Morgan fingerprint density at radius 2 is 2.00 bits per heavy atom. The second kappa shape index (κ2) is 10.8. The Bertz CT molecular complexity index is 802. The van der Waals surface area contributed by atoms with E-state index in [0.29, 0.717) is 12.5 Å². The molecule has 1 aromatic carbocycles. The van der Waals surface area contributed by atoms with Gasteiger partial charge in [0.2, 0.25) is 0 Å². The van der Waals surface area contributed by atoms with Crippen LogP contribution in [-0.2, 0) is 13.0 Å². The largest absolute Gasteiger partial charge is 0.489 e. The second-order valence-corrected chi connectivity index (χ2v) is 7.80. The molecule has 2 aromatic rings. The number of rotatable bonds is 6. The van der Waals surface area contributed by atoms with Crippen molar-refractivity contribution in [1.82, 2.24) is 25.4 Å². The second-order valence-electron chi connectivity index (χ2n) is 7.80. The van der Waals surface area contributed by atoms with E-state index in [-0.39, 0.29) is 36.1 Å². The van der Waals surface area contributed by atoms with Crippen LogP contribution >= 0.6 is 24.0 Å². The molecular weight excluding hydrogens is 479 g/mol. The highest BCUT2D eigenvalue weighted by molar-refractivity contribution is 14.0. The van der Waals surface area contributed by atoms with E-state index < -0.39 is 0 Å². The summed E-state index contributed by atoms with van der Waals surface area (Å²) in [5.41, 5.74) is 1.23. The molecule has 0 spiro atoms. The lowest BCUT2D eigenvalue weighted by Crippen LogP contribution is -2.48. The third-order valence-corrected chi connectivity index (χ3v) is 4.87.